The predicted molar refractivity (Wildman–Crippen MR) is 49.4 cm³/mol. The predicted octanol–water partition coefficient (Wildman–Crippen LogP) is 1.30. The average molecular weight is 180 g/mol. The van der Waals surface area contributed by atoms with Gasteiger partial charge in [-0.3, -0.25) is 0 Å². The number of urea groups is 1. The van der Waals surface area contributed by atoms with Crippen molar-refractivity contribution in [3.05, 3.63) is 0 Å². The van der Waals surface area contributed by atoms with Gasteiger partial charge in [0.05, 0.1) is 0 Å². The highest BCUT2D eigenvalue weighted by Crippen LogP contribution is 2.52. The van der Waals surface area contributed by atoms with Gasteiger partial charge in [-0.25, -0.2) is 4.79 Å². The molecule has 0 aromatic heterocycles. The Hall–Kier alpha value is -0.730. The molecule has 0 radical (unpaired) electrons. The van der Waals surface area contributed by atoms with Crippen LogP contribution in [0.2, 0.25) is 0 Å². The summed E-state index contributed by atoms with van der Waals surface area (Å²) in [7, 11) is 0. The zero-order chi connectivity index (χ0) is 8.89. The van der Waals surface area contributed by atoms with Crippen molar-refractivity contribution in [1.82, 2.24) is 9.80 Å². The second-order valence-electron chi connectivity index (χ2n) is 4.79. The largest absolute Gasteiger partial charge is 0.325 e. The quantitative estimate of drug-likeness (QED) is 0.551. The molecule has 2 saturated heterocycles. The molecule has 2 aliphatic heterocycles. The van der Waals surface area contributed by atoms with Gasteiger partial charge in [0, 0.05) is 26.2 Å². The van der Waals surface area contributed by atoms with Crippen LogP contribution < -0.4 is 0 Å². The van der Waals surface area contributed by atoms with Crippen molar-refractivity contribution in [2.45, 2.75) is 25.7 Å². The normalized spacial score (nSPS) is 29.2. The molecule has 2 amide bonds. The van der Waals surface area contributed by atoms with Crippen molar-refractivity contribution in [3.63, 3.8) is 0 Å². The molecule has 0 atom stereocenters. The van der Waals surface area contributed by atoms with Gasteiger partial charge in [0.2, 0.25) is 0 Å². The molecule has 0 bridgehead atoms. The number of likely N-dealkylation sites (tertiary alicyclic amines) is 2. The van der Waals surface area contributed by atoms with E-state index in [4.69, 9.17) is 0 Å². The van der Waals surface area contributed by atoms with Crippen LogP contribution in [-0.2, 0) is 0 Å². The molecule has 0 aromatic rings. The molecule has 2 heterocycles. The SMILES string of the molecule is O=C(N1CCC1)N1CCC2(CC2)C1. The molecule has 3 nitrogen and oxygen atoms in total. The topological polar surface area (TPSA) is 23.6 Å². The van der Waals surface area contributed by atoms with E-state index in [1.807, 2.05) is 4.90 Å². The second-order valence-corrected chi connectivity index (χ2v) is 4.79. The van der Waals surface area contributed by atoms with Crippen molar-refractivity contribution < 1.29 is 4.79 Å². The van der Waals surface area contributed by atoms with E-state index in [-0.39, 0.29) is 0 Å². The van der Waals surface area contributed by atoms with Crippen LogP contribution in [0.4, 0.5) is 4.79 Å². The van der Waals surface area contributed by atoms with Crippen LogP contribution in [0.1, 0.15) is 25.7 Å². The number of carbonyl (C=O) groups is 1. The van der Waals surface area contributed by atoms with Gasteiger partial charge in [0.1, 0.15) is 0 Å². The van der Waals surface area contributed by atoms with Crippen LogP contribution in [0, 0.1) is 5.41 Å². The van der Waals surface area contributed by atoms with Gasteiger partial charge in [-0.15, -0.1) is 0 Å². The van der Waals surface area contributed by atoms with Gasteiger partial charge in [0.25, 0.3) is 0 Å². The highest BCUT2D eigenvalue weighted by molar-refractivity contribution is 5.75. The van der Waals surface area contributed by atoms with Crippen LogP contribution in [0.3, 0.4) is 0 Å². The Kier molecular flexibility index (Phi) is 1.41. The lowest BCUT2D eigenvalue weighted by molar-refractivity contribution is 0.133. The average Bonchev–Trinajstić information content (AvgIpc) is 2.57. The summed E-state index contributed by atoms with van der Waals surface area (Å²) in [6.45, 7) is 4.03. The maximum Gasteiger partial charge on any atom is 0.320 e. The first-order valence-corrected chi connectivity index (χ1v) is 5.33. The second kappa shape index (κ2) is 2.40. The molecule has 3 aliphatic rings. The van der Waals surface area contributed by atoms with Gasteiger partial charge in [0.15, 0.2) is 0 Å². The molecule has 1 saturated carbocycles. The number of rotatable bonds is 0. The first kappa shape index (κ1) is 7.65. The molecule has 3 heteroatoms. The number of hydrogen-bond acceptors (Lipinski definition) is 1. The Morgan fingerprint density at radius 2 is 1.77 bits per heavy atom. The van der Waals surface area contributed by atoms with Crippen molar-refractivity contribution >= 4 is 6.03 Å². The van der Waals surface area contributed by atoms with Gasteiger partial charge >= 0.3 is 6.03 Å². The molecule has 0 N–H and O–H groups in total. The first-order valence-electron chi connectivity index (χ1n) is 5.33. The molecule has 1 spiro atoms. The fraction of sp³-hybridized carbons (Fsp3) is 0.900. The van der Waals surface area contributed by atoms with Crippen molar-refractivity contribution in [1.29, 1.82) is 0 Å². The Morgan fingerprint density at radius 1 is 1.00 bits per heavy atom. The minimum Gasteiger partial charge on any atom is -0.325 e. The fourth-order valence-corrected chi connectivity index (χ4v) is 2.39. The Morgan fingerprint density at radius 3 is 2.23 bits per heavy atom. The van der Waals surface area contributed by atoms with Crippen LogP contribution in [-0.4, -0.2) is 42.0 Å². The minimum atomic E-state index is 0.301. The molecular formula is C10H16N2O. The Labute approximate surface area is 78.7 Å². The highest BCUT2D eigenvalue weighted by Gasteiger charge is 2.49. The summed E-state index contributed by atoms with van der Waals surface area (Å²) in [5, 5.41) is 0. The zero-order valence-corrected chi connectivity index (χ0v) is 7.96. The maximum absolute atomic E-state index is 11.8. The monoisotopic (exact) mass is 180 g/mol. The van der Waals surface area contributed by atoms with E-state index in [0.29, 0.717) is 11.4 Å². The summed E-state index contributed by atoms with van der Waals surface area (Å²) in [6.07, 6.45) is 5.17. The van der Waals surface area contributed by atoms with E-state index < -0.39 is 0 Å². The van der Waals surface area contributed by atoms with E-state index in [0.717, 1.165) is 26.2 Å². The number of nitrogens with zero attached hydrogens (tertiary/aromatic N) is 2. The Bertz CT molecular complexity index is 243. The lowest BCUT2D eigenvalue weighted by Gasteiger charge is -2.34. The van der Waals surface area contributed by atoms with Gasteiger partial charge in [-0.05, 0) is 31.1 Å². The van der Waals surface area contributed by atoms with Gasteiger partial charge < -0.3 is 9.80 Å². The molecule has 72 valence electrons. The Balaban J connectivity index is 1.62. The van der Waals surface area contributed by atoms with E-state index in [1.165, 1.54) is 25.7 Å². The molecule has 13 heavy (non-hydrogen) atoms. The van der Waals surface area contributed by atoms with E-state index in [9.17, 15) is 4.79 Å². The van der Waals surface area contributed by atoms with Crippen LogP contribution in [0.15, 0.2) is 0 Å². The lowest BCUT2D eigenvalue weighted by Crippen LogP contribution is -2.49. The van der Waals surface area contributed by atoms with Gasteiger partial charge in [-0.1, -0.05) is 0 Å². The number of carbonyl (C=O) groups excluding carboxylic acids is 1. The molecule has 3 fully saturated rings. The molecule has 1 aliphatic carbocycles. The zero-order valence-electron chi connectivity index (χ0n) is 7.96. The molecule has 0 aromatic carbocycles. The van der Waals surface area contributed by atoms with Crippen molar-refractivity contribution in [3.8, 4) is 0 Å². The van der Waals surface area contributed by atoms with Crippen molar-refractivity contribution in [2.24, 2.45) is 5.41 Å². The van der Waals surface area contributed by atoms with Crippen LogP contribution in [0.5, 0.6) is 0 Å². The standard InChI is InChI=1S/C10H16N2O/c13-9(11-5-1-6-11)12-7-4-10(8-12)2-3-10/h1-8H2. The van der Waals surface area contributed by atoms with Crippen LogP contribution in [0.25, 0.3) is 0 Å². The third-order valence-electron chi connectivity index (χ3n) is 3.79. The minimum absolute atomic E-state index is 0.301. The number of amides is 2. The molecular weight excluding hydrogens is 164 g/mol. The molecule has 3 rings (SSSR count). The summed E-state index contributed by atoms with van der Waals surface area (Å²) in [4.78, 5) is 15.8. The van der Waals surface area contributed by atoms with E-state index in [2.05, 4.69) is 4.90 Å². The summed E-state index contributed by atoms with van der Waals surface area (Å²) < 4.78 is 0. The molecule has 0 unspecified atom stereocenters. The summed E-state index contributed by atoms with van der Waals surface area (Å²) in [5.41, 5.74) is 0.584. The lowest BCUT2D eigenvalue weighted by atomic mass is 10.1. The van der Waals surface area contributed by atoms with E-state index >= 15 is 0 Å². The summed E-state index contributed by atoms with van der Waals surface area (Å²) >= 11 is 0. The van der Waals surface area contributed by atoms with Gasteiger partial charge in [-0.2, -0.15) is 0 Å². The van der Waals surface area contributed by atoms with E-state index in [1.54, 1.807) is 0 Å². The van der Waals surface area contributed by atoms with Crippen molar-refractivity contribution in [2.75, 3.05) is 26.2 Å². The number of hydrogen-bond donors (Lipinski definition) is 0. The van der Waals surface area contributed by atoms with Crippen LogP contribution >= 0.6 is 0 Å². The first-order chi connectivity index (χ1) is 6.29. The smallest absolute Gasteiger partial charge is 0.320 e. The summed E-state index contributed by atoms with van der Waals surface area (Å²) in [5.74, 6) is 0. The fourth-order valence-electron chi connectivity index (χ4n) is 2.39. The third kappa shape index (κ3) is 1.13. The highest BCUT2D eigenvalue weighted by atomic mass is 16.2. The third-order valence-corrected chi connectivity index (χ3v) is 3.79. The summed E-state index contributed by atoms with van der Waals surface area (Å²) in [6, 6.07) is 0.301. The maximum atomic E-state index is 11.8.